The Hall–Kier alpha value is -0.870. The van der Waals surface area contributed by atoms with Crippen molar-refractivity contribution in [3.8, 4) is 5.75 Å². The van der Waals surface area contributed by atoms with E-state index in [0.29, 0.717) is 20.8 Å². The van der Waals surface area contributed by atoms with E-state index in [4.69, 9.17) is 44.0 Å². The maximum atomic E-state index is 6.05. The number of hydrogen-bond acceptors (Lipinski definition) is 3. The van der Waals surface area contributed by atoms with E-state index in [-0.39, 0.29) is 6.61 Å². The first-order valence-corrected chi connectivity index (χ1v) is 7.78. The third-order valence-electron chi connectivity index (χ3n) is 2.81. The van der Waals surface area contributed by atoms with Gasteiger partial charge in [-0.05, 0) is 25.1 Å². The molecule has 1 heterocycles. The molecular formula is C15H16Cl3NO2. The highest BCUT2D eigenvalue weighted by molar-refractivity contribution is 6.43. The SMILES string of the molecule is CCCNCc1coc(COc2cc(Cl)c(Cl)cc2Cl)c1. The van der Waals surface area contributed by atoms with Crippen LogP contribution in [0.2, 0.25) is 15.1 Å². The number of halogens is 3. The Morgan fingerprint density at radius 3 is 2.62 bits per heavy atom. The van der Waals surface area contributed by atoms with Gasteiger partial charge >= 0.3 is 0 Å². The van der Waals surface area contributed by atoms with Gasteiger partial charge in [-0.2, -0.15) is 0 Å². The minimum Gasteiger partial charge on any atom is -0.484 e. The zero-order valence-corrected chi connectivity index (χ0v) is 13.9. The van der Waals surface area contributed by atoms with E-state index < -0.39 is 0 Å². The maximum Gasteiger partial charge on any atom is 0.146 e. The first-order valence-electron chi connectivity index (χ1n) is 6.64. The lowest BCUT2D eigenvalue weighted by Gasteiger charge is -2.07. The summed E-state index contributed by atoms with van der Waals surface area (Å²) < 4.78 is 11.1. The molecule has 0 saturated carbocycles. The number of benzene rings is 1. The van der Waals surface area contributed by atoms with Gasteiger partial charge in [0.1, 0.15) is 18.1 Å². The van der Waals surface area contributed by atoms with Gasteiger partial charge in [-0.15, -0.1) is 0 Å². The predicted molar refractivity (Wildman–Crippen MR) is 86.5 cm³/mol. The molecule has 0 aliphatic carbocycles. The maximum absolute atomic E-state index is 6.05. The van der Waals surface area contributed by atoms with Crippen LogP contribution < -0.4 is 10.1 Å². The predicted octanol–water partition coefficient (Wildman–Crippen LogP) is 5.32. The van der Waals surface area contributed by atoms with Crippen molar-refractivity contribution in [3.63, 3.8) is 0 Å². The standard InChI is InChI=1S/C15H16Cl3NO2/c1-2-3-19-7-10-4-11(20-8-10)9-21-15-6-13(17)12(16)5-14(15)18/h4-6,8,19H,2-3,7,9H2,1H3. The molecule has 1 N–H and O–H groups in total. The summed E-state index contributed by atoms with van der Waals surface area (Å²) >= 11 is 17.9. The molecule has 0 amide bonds. The summed E-state index contributed by atoms with van der Waals surface area (Å²) in [6.45, 7) is 4.18. The van der Waals surface area contributed by atoms with Crippen LogP contribution in [0.25, 0.3) is 0 Å². The molecule has 2 rings (SSSR count). The summed E-state index contributed by atoms with van der Waals surface area (Å²) in [5.41, 5.74) is 1.09. The zero-order valence-electron chi connectivity index (χ0n) is 11.6. The van der Waals surface area contributed by atoms with Gasteiger partial charge in [0.05, 0.1) is 21.3 Å². The average molecular weight is 349 g/mol. The molecule has 1 aromatic heterocycles. The molecular weight excluding hydrogens is 333 g/mol. The van der Waals surface area contributed by atoms with E-state index >= 15 is 0 Å². The van der Waals surface area contributed by atoms with Crippen LogP contribution in [0.3, 0.4) is 0 Å². The third-order valence-corrected chi connectivity index (χ3v) is 3.83. The van der Waals surface area contributed by atoms with E-state index in [2.05, 4.69) is 12.2 Å². The summed E-state index contributed by atoms with van der Waals surface area (Å²) in [5.74, 6) is 1.21. The van der Waals surface area contributed by atoms with E-state index in [1.54, 1.807) is 18.4 Å². The lowest BCUT2D eigenvalue weighted by molar-refractivity contribution is 0.270. The zero-order chi connectivity index (χ0) is 15.2. The third kappa shape index (κ3) is 4.82. The molecule has 0 bridgehead atoms. The normalized spacial score (nSPS) is 10.9. The fourth-order valence-electron chi connectivity index (χ4n) is 1.77. The van der Waals surface area contributed by atoms with Crippen LogP contribution in [-0.4, -0.2) is 6.54 Å². The van der Waals surface area contributed by atoms with Crippen molar-refractivity contribution >= 4 is 34.8 Å². The molecule has 21 heavy (non-hydrogen) atoms. The summed E-state index contributed by atoms with van der Waals surface area (Å²) in [7, 11) is 0. The van der Waals surface area contributed by atoms with Gasteiger partial charge in [-0.1, -0.05) is 41.7 Å². The van der Waals surface area contributed by atoms with Crippen LogP contribution in [-0.2, 0) is 13.2 Å². The molecule has 0 saturated heterocycles. The number of ether oxygens (including phenoxy) is 1. The van der Waals surface area contributed by atoms with Gasteiger partial charge < -0.3 is 14.5 Å². The summed E-state index contributed by atoms with van der Waals surface area (Å²) in [5, 5.41) is 4.53. The average Bonchev–Trinajstić information content (AvgIpc) is 2.90. The highest BCUT2D eigenvalue weighted by atomic mass is 35.5. The van der Waals surface area contributed by atoms with Crippen molar-refractivity contribution in [2.45, 2.75) is 26.5 Å². The number of nitrogens with one attached hydrogen (secondary N) is 1. The first kappa shape index (κ1) is 16.5. The molecule has 0 atom stereocenters. The van der Waals surface area contributed by atoms with Crippen LogP contribution >= 0.6 is 34.8 Å². The van der Waals surface area contributed by atoms with E-state index in [0.717, 1.165) is 30.8 Å². The van der Waals surface area contributed by atoms with Gasteiger partial charge in [0.15, 0.2) is 0 Å². The highest BCUT2D eigenvalue weighted by Crippen LogP contribution is 2.34. The van der Waals surface area contributed by atoms with Gasteiger partial charge in [-0.25, -0.2) is 0 Å². The van der Waals surface area contributed by atoms with Crippen LogP contribution in [0.5, 0.6) is 5.75 Å². The van der Waals surface area contributed by atoms with Crippen molar-refractivity contribution in [1.29, 1.82) is 0 Å². The van der Waals surface area contributed by atoms with Gasteiger partial charge in [0.2, 0.25) is 0 Å². The largest absolute Gasteiger partial charge is 0.484 e. The monoisotopic (exact) mass is 347 g/mol. The first-order chi connectivity index (χ1) is 10.1. The Labute approximate surface area is 139 Å². The molecule has 1 aromatic carbocycles. The molecule has 0 aliphatic heterocycles. The molecule has 0 radical (unpaired) electrons. The number of furan rings is 1. The minimum atomic E-state index is 0.283. The van der Waals surface area contributed by atoms with Gasteiger partial charge in [0.25, 0.3) is 0 Å². The molecule has 6 heteroatoms. The van der Waals surface area contributed by atoms with Gasteiger partial charge in [0, 0.05) is 18.2 Å². The second-order valence-corrected chi connectivity index (χ2v) is 5.81. The van der Waals surface area contributed by atoms with E-state index in [9.17, 15) is 0 Å². The fourth-order valence-corrected chi connectivity index (χ4v) is 2.36. The number of hydrogen-bond donors (Lipinski definition) is 1. The Bertz CT molecular complexity index is 599. The fraction of sp³-hybridized carbons (Fsp3) is 0.333. The second-order valence-electron chi connectivity index (χ2n) is 4.58. The lowest BCUT2D eigenvalue weighted by atomic mass is 10.3. The lowest BCUT2D eigenvalue weighted by Crippen LogP contribution is -2.13. The Morgan fingerprint density at radius 1 is 1.10 bits per heavy atom. The minimum absolute atomic E-state index is 0.283. The van der Waals surface area contributed by atoms with Crippen molar-refractivity contribution in [3.05, 3.63) is 50.9 Å². The smallest absolute Gasteiger partial charge is 0.146 e. The highest BCUT2D eigenvalue weighted by Gasteiger charge is 2.09. The quantitative estimate of drug-likeness (QED) is 0.543. The van der Waals surface area contributed by atoms with Crippen molar-refractivity contribution in [1.82, 2.24) is 5.32 Å². The Kier molecular flexibility index (Phi) is 6.24. The van der Waals surface area contributed by atoms with Crippen LogP contribution in [0.1, 0.15) is 24.7 Å². The molecule has 0 unspecified atom stereocenters. The molecule has 0 spiro atoms. The van der Waals surface area contributed by atoms with Crippen LogP contribution in [0.15, 0.2) is 28.9 Å². The van der Waals surface area contributed by atoms with E-state index in [1.807, 2.05) is 6.07 Å². The molecule has 0 aliphatic rings. The summed E-state index contributed by atoms with van der Waals surface area (Å²) in [6.07, 6.45) is 2.82. The summed E-state index contributed by atoms with van der Waals surface area (Å²) in [6, 6.07) is 5.11. The van der Waals surface area contributed by atoms with Crippen LogP contribution in [0, 0.1) is 0 Å². The van der Waals surface area contributed by atoms with Crippen molar-refractivity contribution in [2.75, 3.05) is 6.54 Å². The topological polar surface area (TPSA) is 34.4 Å². The molecule has 3 nitrogen and oxygen atoms in total. The Balaban J connectivity index is 1.92. The second kappa shape index (κ2) is 7.95. The van der Waals surface area contributed by atoms with E-state index in [1.165, 1.54) is 0 Å². The van der Waals surface area contributed by atoms with Gasteiger partial charge in [-0.3, -0.25) is 0 Å². The molecule has 114 valence electrons. The Morgan fingerprint density at radius 2 is 1.86 bits per heavy atom. The molecule has 2 aromatic rings. The van der Waals surface area contributed by atoms with Crippen molar-refractivity contribution < 1.29 is 9.15 Å². The van der Waals surface area contributed by atoms with Crippen LogP contribution in [0.4, 0.5) is 0 Å². The summed E-state index contributed by atoms with van der Waals surface area (Å²) in [4.78, 5) is 0. The number of rotatable bonds is 7. The van der Waals surface area contributed by atoms with Crippen molar-refractivity contribution in [2.24, 2.45) is 0 Å². The molecule has 0 fully saturated rings.